The van der Waals surface area contributed by atoms with E-state index in [2.05, 4.69) is 27.5 Å². The van der Waals surface area contributed by atoms with Crippen molar-refractivity contribution in [2.45, 2.75) is 100 Å². The summed E-state index contributed by atoms with van der Waals surface area (Å²) in [7, 11) is 1.06. The number of halogens is 13. The lowest BCUT2D eigenvalue weighted by molar-refractivity contribution is -0.439. The van der Waals surface area contributed by atoms with Crippen LogP contribution in [0, 0.1) is 0 Å². The molecule has 3 atom stereocenters. The lowest BCUT2D eigenvalue weighted by Gasteiger charge is -2.39. The van der Waals surface area contributed by atoms with Crippen LogP contribution in [0.25, 0.3) is 10.9 Å². The van der Waals surface area contributed by atoms with Crippen molar-refractivity contribution in [1.82, 2.24) is 20.9 Å². The SMILES string of the molecule is C=C(CSC[C@H](NC(=O)OC(C)(C)C)C(=O)N[C@H](C)C(=O)NC(Cc1c[nH]c2ccccc12)C(=O)OC)CC(F)(F)C(F)(F)C(F)(F)C(F)(F)C(F)(F)C(F)(F)F. The van der Waals surface area contributed by atoms with Crippen molar-refractivity contribution in [2.75, 3.05) is 18.6 Å². The number of thioether (sulfide) groups is 1. The second-order valence-electron chi connectivity index (χ2n) is 13.5. The minimum Gasteiger partial charge on any atom is -0.467 e. The van der Waals surface area contributed by atoms with Gasteiger partial charge in [-0.1, -0.05) is 30.4 Å². The molecule has 0 aliphatic heterocycles. The molecule has 2 aromatic rings. The van der Waals surface area contributed by atoms with Crippen LogP contribution in [0.3, 0.4) is 0 Å². The van der Waals surface area contributed by atoms with E-state index in [1.807, 2.05) is 0 Å². The molecule has 0 bridgehead atoms. The second-order valence-corrected chi connectivity index (χ2v) is 14.5. The highest BCUT2D eigenvalue weighted by Crippen LogP contribution is 2.61. The fraction of sp³-hybridized carbons (Fsp3) is 0.576. The van der Waals surface area contributed by atoms with E-state index in [4.69, 9.17) is 9.47 Å². The van der Waals surface area contributed by atoms with E-state index in [9.17, 15) is 76.3 Å². The maximum Gasteiger partial charge on any atom is 0.460 e. The molecule has 0 aliphatic rings. The van der Waals surface area contributed by atoms with Crippen molar-refractivity contribution >= 4 is 46.5 Å². The second kappa shape index (κ2) is 17.6. The number of carbonyl (C=O) groups is 4. The van der Waals surface area contributed by atoms with E-state index < -0.39 is 107 Å². The average Bonchev–Trinajstić information content (AvgIpc) is 3.47. The predicted octanol–water partition coefficient (Wildman–Crippen LogP) is 7.18. The van der Waals surface area contributed by atoms with Crippen LogP contribution < -0.4 is 16.0 Å². The molecule has 3 amide bonds. The van der Waals surface area contributed by atoms with Gasteiger partial charge < -0.3 is 30.4 Å². The average molecular weight is 865 g/mol. The molecule has 1 aromatic heterocycles. The summed E-state index contributed by atoms with van der Waals surface area (Å²) in [6.45, 7) is 8.30. The number of carbonyl (C=O) groups excluding carboxylic acids is 4. The third-order valence-corrected chi connectivity index (χ3v) is 8.90. The van der Waals surface area contributed by atoms with Crippen LogP contribution in [-0.2, 0) is 30.3 Å². The first-order valence-electron chi connectivity index (χ1n) is 16.2. The van der Waals surface area contributed by atoms with Gasteiger partial charge in [-0.2, -0.15) is 68.8 Å². The summed E-state index contributed by atoms with van der Waals surface area (Å²) in [5, 5.41) is 7.45. The van der Waals surface area contributed by atoms with Crippen LogP contribution in [0.4, 0.5) is 61.9 Å². The summed E-state index contributed by atoms with van der Waals surface area (Å²) < 4.78 is 185. The summed E-state index contributed by atoms with van der Waals surface area (Å²) in [6.07, 6.45) is -9.93. The Kier molecular flexibility index (Phi) is 15.1. The van der Waals surface area contributed by atoms with Gasteiger partial charge in [-0.15, -0.1) is 0 Å². The van der Waals surface area contributed by atoms with Gasteiger partial charge in [0.05, 0.1) is 7.11 Å². The number of ether oxygens (including phenoxy) is 2. The predicted molar refractivity (Wildman–Crippen MR) is 179 cm³/mol. The van der Waals surface area contributed by atoms with E-state index in [0.29, 0.717) is 17.3 Å². The molecule has 0 saturated heterocycles. The molecule has 2 rings (SSSR count). The summed E-state index contributed by atoms with van der Waals surface area (Å²) in [5.41, 5.74) is -1.01. The first-order chi connectivity index (χ1) is 25.7. The molecule has 10 nitrogen and oxygen atoms in total. The van der Waals surface area contributed by atoms with E-state index in [0.717, 1.165) is 24.9 Å². The highest BCUT2D eigenvalue weighted by molar-refractivity contribution is 7.99. The van der Waals surface area contributed by atoms with Crippen molar-refractivity contribution < 1.29 is 85.7 Å². The molecule has 0 radical (unpaired) electrons. The third-order valence-electron chi connectivity index (χ3n) is 7.72. The molecule has 1 heterocycles. The number of alkyl halides is 13. The maximum absolute atomic E-state index is 14.4. The van der Waals surface area contributed by atoms with Crippen molar-refractivity contribution in [2.24, 2.45) is 0 Å². The Hall–Kier alpha value is -4.38. The number of alkyl carbamates (subject to hydrolysis) is 1. The number of rotatable bonds is 18. The van der Waals surface area contributed by atoms with Crippen molar-refractivity contribution in [1.29, 1.82) is 0 Å². The number of aromatic nitrogens is 1. The van der Waals surface area contributed by atoms with E-state index >= 15 is 0 Å². The Bertz CT molecular complexity index is 1780. The zero-order valence-corrected chi connectivity index (χ0v) is 31.2. The number of para-hydroxylation sites is 1. The lowest BCUT2D eigenvalue weighted by atomic mass is 9.91. The smallest absolute Gasteiger partial charge is 0.460 e. The van der Waals surface area contributed by atoms with Gasteiger partial charge in [-0.05, 0) is 39.3 Å². The molecule has 0 fully saturated rings. The zero-order chi connectivity index (χ0) is 44.2. The Morgan fingerprint density at radius 3 is 1.89 bits per heavy atom. The van der Waals surface area contributed by atoms with Gasteiger partial charge in [-0.3, -0.25) is 9.59 Å². The Morgan fingerprint density at radius 1 is 0.789 bits per heavy atom. The summed E-state index contributed by atoms with van der Waals surface area (Å²) in [4.78, 5) is 54.3. The number of methoxy groups -OCH3 is 1. The largest absolute Gasteiger partial charge is 0.467 e. The highest BCUT2D eigenvalue weighted by Gasteiger charge is 2.90. The number of hydrogen-bond acceptors (Lipinski definition) is 7. The van der Waals surface area contributed by atoms with Crippen LogP contribution in [0.1, 0.15) is 39.7 Å². The first kappa shape index (κ1) is 48.8. The molecule has 4 N–H and O–H groups in total. The molecule has 322 valence electrons. The maximum atomic E-state index is 14.4. The Labute approximate surface area is 320 Å². The number of fused-ring (bicyclic) bond motifs is 1. The van der Waals surface area contributed by atoms with Gasteiger partial charge in [0.15, 0.2) is 0 Å². The molecule has 0 spiro atoms. The van der Waals surface area contributed by atoms with Crippen LogP contribution in [0.15, 0.2) is 42.6 Å². The van der Waals surface area contributed by atoms with Gasteiger partial charge in [0.25, 0.3) is 0 Å². The number of aromatic amines is 1. The third kappa shape index (κ3) is 11.2. The zero-order valence-electron chi connectivity index (χ0n) is 30.4. The van der Waals surface area contributed by atoms with Gasteiger partial charge in [-0.25, -0.2) is 9.59 Å². The Morgan fingerprint density at radius 2 is 1.35 bits per heavy atom. The van der Waals surface area contributed by atoms with E-state index in [-0.39, 0.29) is 6.42 Å². The van der Waals surface area contributed by atoms with Crippen LogP contribution in [0.5, 0.6) is 0 Å². The first-order valence-corrected chi connectivity index (χ1v) is 17.3. The molecule has 24 heteroatoms. The minimum atomic E-state index is -8.05. The van der Waals surface area contributed by atoms with Gasteiger partial charge in [0, 0.05) is 41.4 Å². The molecule has 0 aliphatic carbocycles. The van der Waals surface area contributed by atoms with Crippen molar-refractivity contribution in [3.63, 3.8) is 0 Å². The molecule has 1 unspecified atom stereocenters. The number of esters is 1. The quantitative estimate of drug-likeness (QED) is 0.0708. The molecular formula is C33H37F13N4O6S. The lowest BCUT2D eigenvalue weighted by Crippen LogP contribution is -2.70. The van der Waals surface area contributed by atoms with Crippen molar-refractivity contribution in [3.8, 4) is 0 Å². The van der Waals surface area contributed by atoms with E-state index in [1.165, 1.54) is 20.8 Å². The fourth-order valence-electron chi connectivity index (χ4n) is 4.76. The molecular weight excluding hydrogens is 827 g/mol. The summed E-state index contributed by atoms with van der Waals surface area (Å²) in [6, 6.07) is 2.48. The summed E-state index contributed by atoms with van der Waals surface area (Å²) >= 11 is 0.308. The topological polar surface area (TPSA) is 139 Å². The monoisotopic (exact) mass is 864 g/mol. The Balaban J connectivity index is 2.19. The highest BCUT2D eigenvalue weighted by atomic mass is 32.2. The summed E-state index contributed by atoms with van der Waals surface area (Å²) in [5.74, 6) is -42.5. The van der Waals surface area contributed by atoms with Crippen molar-refractivity contribution in [3.05, 3.63) is 48.2 Å². The van der Waals surface area contributed by atoms with Crippen LogP contribution in [0.2, 0.25) is 0 Å². The fourth-order valence-corrected chi connectivity index (χ4v) is 5.74. The van der Waals surface area contributed by atoms with Gasteiger partial charge in [0.1, 0.15) is 23.7 Å². The number of nitrogens with one attached hydrogen (secondary N) is 4. The van der Waals surface area contributed by atoms with E-state index in [1.54, 1.807) is 30.5 Å². The van der Waals surface area contributed by atoms with Gasteiger partial charge >= 0.3 is 47.9 Å². The van der Waals surface area contributed by atoms with Crippen LogP contribution >= 0.6 is 11.8 Å². The molecule has 0 saturated carbocycles. The number of benzene rings is 1. The number of amides is 3. The number of H-pyrrole nitrogens is 1. The standard InChI is InChI=1S/C33H37F13N4O6S/c1-16(12-28(34,35)29(36,37)30(38,39)31(40,41)32(42,43)33(44,45)46)14-57-15-22(50-26(54)56-27(3,4)5)24(52)48-17(2)23(51)49-21(25(53)55-6)11-18-13-47-20-10-8-7-9-19(18)20/h7-10,13,17,21-22,47H,1,11-12,14-15H2,2-6H3,(H,48,52)(H,49,51)(H,50,54)/t17-,21?,22+/m1/s1. The van der Waals surface area contributed by atoms with Gasteiger partial charge in [0.2, 0.25) is 11.8 Å². The normalized spacial score (nSPS) is 15.0. The number of hydrogen-bond donors (Lipinski definition) is 4. The molecule has 1 aromatic carbocycles. The minimum absolute atomic E-state index is 0.0719. The molecule has 57 heavy (non-hydrogen) atoms. The van der Waals surface area contributed by atoms with Crippen LogP contribution in [-0.4, -0.2) is 107 Å².